The van der Waals surface area contributed by atoms with Gasteiger partial charge in [-0.3, -0.25) is 0 Å². The van der Waals surface area contributed by atoms with E-state index in [2.05, 4.69) is 0 Å². The number of allylic oxidation sites excluding steroid dienone is 1. The fourth-order valence-corrected chi connectivity index (χ4v) is 1.05. The number of nitrogens with zero attached hydrogens (tertiary/aromatic N) is 1. The van der Waals surface area contributed by atoms with Crippen LogP contribution < -0.4 is 0 Å². The minimum Gasteiger partial charge on any atom is -0.507 e. The summed E-state index contributed by atoms with van der Waals surface area (Å²) in [6.07, 6.45) is 3.85. The third-order valence-electron chi connectivity index (χ3n) is 1.69. The van der Waals surface area contributed by atoms with Crippen LogP contribution in [0.4, 0.5) is 0 Å². The van der Waals surface area contributed by atoms with Gasteiger partial charge in [-0.2, -0.15) is 5.26 Å². The fourth-order valence-electron chi connectivity index (χ4n) is 1.05. The molecule has 0 spiro atoms. The van der Waals surface area contributed by atoms with Gasteiger partial charge in [-0.25, -0.2) is 0 Å². The zero-order valence-electron chi connectivity index (χ0n) is 7.49. The van der Waals surface area contributed by atoms with Crippen LogP contribution in [0.25, 0.3) is 6.08 Å². The summed E-state index contributed by atoms with van der Waals surface area (Å²) in [5.74, 6) is 0.250. The molecule has 0 unspecified atom stereocenters. The highest BCUT2D eigenvalue weighted by Gasteiger charge is 1.95. The van der Waals surface area contributed by atoms with E-state index in [1.54, 1.807) is 18.2 Å². The van der Waals surface area contributed by atoms with Crippen LogP contribution in [0.15, 0.2) is 24.3 Å². The number of aryl methyl sites for hydroxylation is 1. The number of phenols is 1. The topological polar surface area (TPSA) is 44.0 Å². The second-order valence-corrected chi connectivity index (χ2v) is 2.83. The van der Waals surface area contributed by atoms with E-state index in [0.717, 1.165) is 11.1 Å². The van der Waals surface area contributed by atoms with E-state index in [0.29, 0.717) is 6.42 Å². The molecule has 0 saturated heterocycles. The van der Waals surface area contributed by atoms with E-state index in [1.165, 1.54) is 0 Å². The molecule has 2 heteroatoms. The molecule has 0 amide bonds. The highest BCUT2D eigenvalue weighted by atomic mass is 16.3. The van der Waals surface area contributed by atoms with E-state index < -0.39 is 0 Å². The fraction of sp³-hybridized carbons (Fsp3) is 0.182. The molecule has 0 aliphatic carbocycles. The summed E-state index contributed by atoms with van der Waals surface area (Å²) in [6, 6.07) is 7.38. The van der Waals surface area contributed by atoms with Crippen molar-refractivity contribution in [3.63, 3.8) is 0 Å². The van der Waals surface area contributed by atoms with Gasteiger partial charge < -0.3 is 5.11 Å². The maximum atomic E-state index is 9.40. The third-order valence-corrected chi connectivity index (χ3v) is 1.69. The maximum absolute atomic E-state index is 9.40. The summed E-state index contributed by atoms with van der Waals surface area (Å²) in [6.45, 7) is 1.96. The van der Waals surface area contributed by atoms with Gasteiger partial charge in [0.1, 0.15) is 5.75 Å². The maximum Gasteiger partial charge on any atom is 0.122 e. The van der Waals surface area contributed by atoms with E-state index >= 15 is 0 Å². The number of benzene rings is 1. The Balaban J connectivity index is 2.88. The van der Waals surface area contributed by atoms with E-state index in [1.807, 2.05) is 25.1 Å². The van der Waals surface area contributed by atoms with Gasteiger partial charge in [0.25, 0.3) is 0 Å². The van der Waals surface area contributed by atoms with Crippen LogP contribution in [0, 0.1) is 18.3 Å². The first-order chi connectivity index (χ1) is 6.24. The number of phenolic OH excluding ortho intramolecular Hbond substituents is 1. The summed E-state index contributed by atoms with van der Waals surface area (Å²) in [5.41, 5.74) is 1.85. The first kappa shape index (κ1) is 9.34. The molecule has 0 atom stereocenters. The third kappa shape index (κ3) is 2.64. The molecule has 0 heterocycles. The van der Waals surface area contributed by atoms with E-state index in [-0.39, 0.29) is 5.75 Å². The average Bonchev–Trinajstić information content (AvgIpc) is 2.11. The van der Waals surface area contributed by atoms with Gasteiger partial charge in [0, 0.05) is 5.56 Å². The van der Waals surface area contributed by atoms with Crippen molar-refractivity contribution in [1.82, 2.24) is 0 Å². The molecule has 0 radical (unpaired) electrons. The Hall–Kier alpha value is -1.75. The summed E-state index contributed by atoms with van der Waals surface area (Å²) in [5, 5.41) is 17.7. The lowest BCUT2D eigenvalue weighted by Gasteiger charge is -1.99. The van der Waals surface area contributed by atoms with Crippen molar-refractivity contribution in [2.24, 2.45) is 0 Å². The largest absolute Gasteiger partial charge is 0.507 e. The molecule has 13 heavy (non-hydrogen) atoms. The van der Waals surface area contributed by atoms with Crippen molar-refractivity contribution in [3.05, 3.63) is 35.4 Å². The zero-order chi connectivity index (χ0) is 9.68. The van der Waals surface area contributed by atoms with Gasteiger partial charge in [0.15, 0.2) is 0 Å². The highest BCUT2D eigenvalue weighted by Crippen LogP contribution is 2.19. The summed E-state index contributed by atoms with van der Waals surface area (Å²) in [4.78, 5) is 0. The van der Waals surface area contributed by atoms with Crippen molar-refractivity contribution >= 4 is 6.08 Å². The quantitative estimate of drug-likeness (QED) is 0.747. The SMILES string of the molecule is Cc1ccc(O)c(C=CCC#N)c1. The van der Waals surface area contributed by atoms with Crippen LogP contribution >= 0.6 is 0 Å². The van der Waals surface area contributed by atoms with Crippen LogP contribution in [0.5, 0.6) is 5.75 Å². The molecule has 0 saturated carbocycles. The standard InChI is InChI=1S/C11H11NO/c1-9-5-6-11(13)10(8-9)4-2-3-7-12/h2,4-6,8,13H,3H2,1H3. The zero-order valence-corrected chi connectivity index (χ0v) is 7.49. The number of hydrogen-bond donors (Lipinski definition) is 1. The first-order valence-corrected chi connectivity index (χ1v) is 4.07. The molecule has 0 aliphatic heterocycles. The number of rotatable bonds is 2. The Bertz CT molecular complexity index is 361. The molecule has 2 nitrogen and oxygen atoms in total. The molecule has 0 bridgehead atoms. The smallest absolute Gasteiger partial charge is 0.122 e. The van der Waals surface area contributed by atoms with Gasteiger partial charge >= 0.3 is 0 Å². The summed E-state index contributed by atoms with van der Waals surface area (Å²) < 4.78 is 0. The molecule has 1 aromatic rings. The van der Waals surface area contributed by atoms with Crippen molar-refractivity contribution in [2.75, 3.05) is 0 Å². The van der Waals surface area contributed by atoms with Crippen molar-refractivity contribution in [3.8, 4) is 11.8 Å². The second kappa shape index (κ2) is 4.32. The minimum atomic E-state index is 0.250. The van der Waals surface area contributed by atoms with Crippen molar-refractivity contribution < 1.29 is 5.11 Å². The van der Waals surface area contributed by atoms with Crippen LogP contribution in [0.1, 0.15) is 17.5 Å². The molecule has 0 aliphatic rings. The normalized spacial score (nSPS) is 10.2. The first-order valence-electron chi connectivity index (χ1n) is 4.07. The van der Waals surface area contributed by atoms with Gasteiger partial charge in [-0.1, -0.05) is 23.8 Å². The van der Waals surface area contributed by atoms with Crippen molar-refractivity contribution in [1.29, 1.82) is 5.26 Å². The predicted octanol–water partition coefficient (Wildman–Crippen LogP) is 2.63. The molecule has 0 fully saturated rings. The van der Waals surface area contributed by atoms with Gasteiger partial charge in [-0.15, -0.1) is 0 Å². The molecular weight excluding hydrogens is 162 g/mol. The van der Waals surface area contributed by atoms with Gasteiger partial charge in [0.05, 0.1) is 12.5 Å². The van der Waals surface area contributed by atoms with Gasteiger partial charge in [-0.05, 0) is 19.1 Å². The van der Waals surface area contributed by atoms with Crippen LogP contribution in [-0.2, 0) is 0 Å². The lowest BCUT2D eigenvalue weighted by atomic mass is 10.1. The Labute approximate surface area is 77.8 Å². The van der Waals surface area contributed by atoms with E-state index in [9.17, 15) is 5.11 Å². The molecule has 1 N–H and O–H groups in total. The minimum absolute atomic E-state index is 0.250. The van der Waals surface area contributed by atoms with E-state index in [4.69, 9.17) is 5.26 Å². The van der Waals surface area contributed by atoms with Crippen LogP contribution in [0.3, 0.4) is 0 Å². The number of aromatic hydroxyl groups is 1. The number of hydrogen-bond acceptors (Lipinski definition) is 2. The monoisotopic (exact) mass is 173 g/mol. The van der Waals surface area contributed by atoms with Crippen molar-refractivity contribution in [2.45, 2.75) is 13.3 Å². The predicted molar refractivity (Wildman–Crippen MR) is 52.1 cm³/mol. The average molecular weight is 173 g/mol. The number of nitriles is 1. The summed E-state index contributed by atoms with van der Waals surface area (Å²) >= 11 is 0. The van der Waals surface area contributed by atoms with Crippen LogP contribution in [-0.4, -0.2) is 5.11 Å². The molecule has 0 aromatic heterocycles. The highest BCUT2D eigenvalue weighted by molar-refractivity contribution is 5.57. The van der Waals surface area contributed by atoms with Gasteiger partial charge in [0.2, 0.25) is 0 Å². The summed E-state index contributed by atoms with van der Waals surface area (Å²) in [7, 11) is 0. The second-order valence-electron chi connectivity index (χ2n) is 2.83. The van der Waals surface area contributed by atoms with Crippen LogP contribution in [0.2, 0.25) is 0 Å². The molecular formula is C11H11NO. The molecule has 1 rings (SSSR count). The lowest BCUT2D eigenvalue weighted by molar-refractivity contribution is 0.474. The Morgan fingerprint density at radius 3 is 3.00 bits per heavy atom. The molecule has 66 valence electrons. The Kier molecular flexibility index (Phi) is 3.10. The molecule has 1 aromatic carbocycles. The lowest BCUT2D eigenvalue weighted by Crippen LogP contribution is -1.77. The Morgan fingerprint density at radius 2 is 2.31 bits per heavy atom. The Morgan fingerprint density at radius 1 is 1.54 bits per heavy atom.